The molecule has 0 heterocycles. The molecule has 0 rings (SSSR count). The summed E-state index contributed by atoms with van der Waals surface area (Å²) in [6.07, 6.45) is 0.860. The molecule has 6 heteroatoms. The topological polar surface area (TPSA) is 55.4 Å². The summed E-state index contributed by atoms with van der Waals surface area (Å²) in [6, 6.07) is 0. The maximum absolute atomic E-state index is 6.51. The van der Waals surface area contributed by atoms with E-state index in [1.165, 1.54) is 0 Å². The van der Waals surface area contributed by atoms with Crippen molar-refractivity contribution in [1.82, 2.24) is 0 Å². The molecule has 0 spiro atoms. The van der Waals surface area contributed by atoms with E-state index in [1.54, 1.807) is 0 Å². The first-order chi connectivity index (χ1) is 14.1. The smallest absolute Gasteiger partial charge is 0.323 e. The molecule has 3 unspecified atom stereocenters. The quantitative estimate of drug-likeness (QED) is 0.113. The van der Waals surface area contributed by atoms with E-state index in [1.807, 2.05) is 55.4 Å². The normalized spacial score (nSPS) is 17.4. The SMILES string of the molecule is CCC(C)OC(OOCCC(C)C)(OC(C)(C)C)C(C)(C)C(OCC(C)C)OC(C)C. The molecule has 0 bridgehead atoms. The minimum Gasteiger partial charge on any atom is -0.351 e. The van der Waals surface area contributed by atoms with Crippen LogP contribution < -0.4 is 0 Å². The molecule has 0 saturated carbocycles. The predicted octanol–water partition coefficient (Wildman–Crippen LogP) is 6.71. The van der Waals surface area contributed by atoms with Crippen molar-refractivity contribution in [2.75, 3.05) is 13.2 Å². The molecule has 0 aliphatic carbocycles. The van der Waals surface area contributed by atoms with Crippen molar-refractivity contribution in [2.45, 2.75) is 133 Å². The average Bonchev–Trinajstić information content (AvgIpc) is 2.59. The highest BCUT2D eigenvalue weighted by atomic mass is 17.3. The van der Waals surface area contributed by atoms with Crippen molar-refractivity contribution < 1.29 is 28.7 Å². The zero-order valence-electron chi connectivity index (χ0n) is 22.7. The maximum atomic E-state index is 6.51. The Morgan fingerprint density at radius 2 is 1.39 bits per heavy atom. The Morgan fingerprint density at radius 3 is 1.81 bits per heavy atom. The van der Waals surface area contributed by atoms with Gasteiger partial charge < -0.3 is 18.9 Å². The van der Waals surface area contributed by atoms with Gasteiger partial charge in [0.05, 0.1) is 36.4 Å². The lowest BCUT2D eigenvalue weighted by Gasteiger charge is -2.50. The van der Waals surface area contributed by atoms with Crippen molar-refractivity contribution in [2.24, 2.45) is 17.3 Å². The molecule has 0 aromatic heterocycles. The van der Waals surface area contributed by atoms with Crippen LogP contribution in [0, 0.1) is 17.3 Å². The molecule has 0 aliphatic rings. The maximum Gasteiger partial charge on any atom is 0.323 e. The Bertz CT molecular complexity index is 469. The van der Waals surface area contributed by atoms with Crippen LogP contribution in [0.25, 0.3) is 0 Å². The van der Waals surface area contributed by atoms with Gasteiger partial charge in [-0.1, -0.05) is 34.6 Å². The monoisotopic (exact) mass is 448 g/mol. The average molecular weight is 449 g/mol. The zero-order valence-corrected chi connectivity index (χ0v) is 22.7. The van der Waals surface area contributed by atoms with Gasteiger partial charge in [-0.3, -0.25) is 0 Å². The van der Waals surface area contributed by atoms with Crippen molar-refractivity contribution in [3.8, 4) is 0 Å². The minimum atomic E-state index is -1.53. The number of hydrogen-bond donors (Lipinski definition) is 0. The molecule has 0 fully saturated rings. The second-order valence-electron chi connectivity index (χ2n) is 11.2. The first-order valence-corrected chi connectivity index (χ1v) is 12.0. The molecule has 188 valence electrons. The largest absolute Gasteiger partial charge is 0.351 e. The molecule has 0 saturated heterocycles. The summed E-state index contributed by atoms with van der Waals surface area (Å²) in [5, 5.41) is 0. The van der Waals surface area contributed by atoms with E-state index in [2.05, 4.69) is 34.6 Å². The van der Waals surface area contributed by atoms with Gasteiger partial charge in [0.1, 0.15) is 0 Å². The highest BCUT2D eigenvalue weighted by Crippen LogP contribution is 2.45. The number of hydrogen-bond acceptors (Lipinski definition) is 6. The number of rotatable bonds is 16. The van der Waals surface area contributed by atoms with Gasteiger partial charge in [-0.25, -0.2) is 4.89 Å². The van der Waals surface area contributed by atoms with E-state index in [-0.39, 0.29) is 12.2 Å². The van der Waals surface area contributed by atoms with Gasteiger partial charge in [0.15, 0.2) is 6.29 Å². The second-order valence-corrected chi connectivity index (χ2v) is 11.2. The molecule has 0 aromatic rings. The fraction of sp³-hybridized carbons (Fsp3) is 1.00. The van der Waals surface area contributed by atoms with E-state index >= 15 is 0 Å². The molecule has 0 amide bonds. The van der Waals surface area contributed by atoms with E-state index in [4.69, 9.17) is 28.7 Å². The van der Waals surface area contributed by atoms with E-state index in [9.17, 15) is 0 Å². The molecule has 0 aliphatic heterocycles. The minimum absolute atomic E-state index is 0.0470. The van der Waals surface area contributed by atoms with Gasteiger partial charge in [0, 0.05) is 0 Å². The van der Waals surface area contributed by atoms with Gasteiger partial charge in [-0.05, 0) is 80.1 Å². The van der Waals surface area contributed by atoms with Crippen molar-refractivity contribution in [3.63, 3.8) is 0 Å². The standard InChI is InChI=1S/C25H52O6/c1-14-21(8)29-25(30-23(9,10)11,31-27-16-15-18(2)3)24(12,13)22(28-20(6)7)26-17-19(4)5/h18-22H,14-17H2,1-13H3. The molecule has 6 nitrogen and oxygen atoms in total. The Balaban J connectivity index is 6.20. The molecule has 0 radical (unpaired) electrons. The van der Waals surface area contributed by atoms with Gasteiger partial charge in [0.2, 0.25) is 0 Å². The lowest BCUT2D eigenvalue weighted by Crippen LogP contribution is -2.61. The van der Waals surface area contributed by atoms with Gasteiger partial charge >= 0.3 is 5.97 Å². The third-order valence-corrected chi connectivity index (χ3v) is 4.67. The fourth-order valence-electron chi connectivity index (χ4n) is 2.69. The lowest BCUT2D eigenvalue weighted by atomic mass is 9.87. The Labute approximate surface area is 192 Å². The van der Waals surface area contributed by atoms with Crippen LogP contribution >= 0.6 is 0 Å². The van der Waals surface area contributed by atoms with Crippen molar-refractivity contribution in [3.05, 3.63) is 0 Å². The first-order valence-electron chi connectivity index (χ1n) is 12.0. The van der Waals surface area contributed by atoms with Crippen LogP contribution in [-0.2, 0) is 28.7 Å². The summed E-state index contributed by atoms with van der Waals surface area (Å²) in [5.41, 5.74) is -1.42. The highest BCUT2D eigenvalue weighted by Gasteiger charge is 2.59. The van der Waals surface area contributed by atoms with Gasteiger partial charge in [-0.15, -0.1) is 0 Å². The lowest BCUT2D eigenvalue weighted by molar-refractivity contribution is -0.565. The third-order valence-electron chi connectivity index (χ3n) is 4.67. The van der Waals surface area contributed by atoms with Crippen LogP contribution in [0.5, 0.6) is 0 Å². The van der Waals surface area contributed by atoms with Gasteiger partial charge in [-0.2, -0.15) is 4.89 Å². The summed E-state index contributed by atoms with van der Waals surface area (Å²) in [7, 11) is 0. The molecule has 31 heavy (non-hydrogen) atoms. The van der Waals surface area contributed by atoms with Crippen molar-refractivity contribution in [1.29, 1.82) is 0 Å². The predicted molar refractivity (Wildman–Crippen MR) is 125 cm³/mol. The second kappa shape index (κ2) is 13.5. The molecular weight excluding hydrogens is 396 g/mol. The van der Waals surface area contributed by atoms with Gasteiger partial charge in [0.25, 0.3) is 0 Å². The number of ether oxygens (including phenoxy) is 4. The third kappa shape index (κ3) is 11.4. The van der Waals surface area contributed by atoms with E-state index in [0.717, 1.165) is 12.8 Å². The summed E-state index contributed by atoms with van der Waals surface area (Å²) >= 11 is 0. The summed E-state index contributed by atoms with van der Waals surface area (Å²) in [6.45, 7) is 27.4. The van der Waals surface area contributed by atoms with E-state index in [0.29, 0.717) is 25.0 Å². The van der Waals surface area contributed by atoms with Crippen molar-refractivity contribution >= 4 is 0 Å². The van der Waals surface area contributed by atoms with Crippen LogP contribution in [0.4, 0.5) is 0 Å². The first kappa shape index (κ1) is 30.8. The van der Waals surface area contributed by atoms with E-state index < -0.39 is 23.3 Å². The summed E-state index contributed by atoms with van der Waals surface area (Å²) < 4.78 is 25.5. The van der Waals surface area contributed by atoms with Crippen LogP contribution in [0.15, 0.2) is 0 Å². The van der Waals surface area contributed by atoms with Crippen LogP contribution in [0.1, 0.15) is 103 Å². The molecular formula is C25H52O6. The summed E-state index contributed by atoms with van der Waals surface area (Å²) in [5.74, 6) is -0.684. The zero-order chi connectivity index (χ0) is 24.5. The highest BCUT2D eigenvalue weighted by molar-refractivity contribution is 4.87. The Morgan fingerprint density at radius 1 is 0.806 bits per heavy atom. The van der Waals surface area contributed by atoms with Crippen LogP contribution in [0.2, 0.25) is 0 Å². The van der Waals surface area contributed by atoms with Crippen LogP contribution in [0.3, 0.4) is 0 Å². The van der Waals surface area contributed by atoms with Crippen LogP contribution in [-0.4, -0.2) is 43.3 Å². The summed E-state index contributed by atoms with van der Waals surface area (Å²) in [4.78, 5) is 11.8. The molecule has 3 atom stereocenters. The molecule has 0 N–H and O–H groups in total. The fourth-order valence-corrected chi connectivity index (χ4v) is 2.69. The molecule has 0 aromatic carbocycles. The Hall–Kier alpha value is -0.240. The Kier molecular flexibility index (Phi) is 13.4.